The lowest BCUT2D eigenvalue weighted by Crippen LogP contribution is -2.34. The van der Waals surface area contributed by atoms with Crippen molar-refractivity contribution < 1.29 is 18.0 Å². The molecule has 1 atom stereocenters. The zero-order chi connectivity index (χ0) is 13.8. The zero-order valence-corrected chi connectivity index (χ0v) is 9.92. The number of rotatable bonds is 4. The van der Waals surface area contributed by atoms with E-state index in [2.05, 4.69) is 5.32 Å². The third-order valence-corrected chi connectivity index (χ3v) is 2.43. The first-order valence-electron chi connectivity index (χ1n) is 5.52. The quantitative estimate of drug-likeness (QED) is 0.871. The van der Waals surface area contributed by atoms with Gasteiger partial charge >= 0.3 is 6.18 Å². The van der Waals surface area contributed by atoms with E-state index in [-0.39, 0.29) is 11.6 Å². The van der Waals surface area contributed by atoms with Crippen LogP contribution in [0.25, 0.3) is 0 Å². The van der Waals surface area contributed by atoms with Crippen LogP contribution in [0.3, 0.4) is 0 Å². The second-order valence-electron chi connectivity index (χ2n) is 4.03. The average molecular weight is 260 g/mol. The van der Waals surface area contributed by atoms with E-state index in [9.17, 15) is 18.0 Å². The van der Waals surface area contributed by atoms with Gasteiger partial charge in [-0.2, -0.15) is 13.2 Å². The van der Waals surface area contributed by atoms with Gasteiger partial charge in [0.1, 0.15) is 0 Å². The Morgan fingerprint density at radius 1 is 1.44 bits per heavy atom. The number of hydrogen-bond donors (Lipinski definition) is 2. The summed E-state index contributed by atoms with van der Waals surface area (Å²) in [6.07, 6.45) is -3.87. The Labute approximate surface area is 103 Å². The molecule has 0 aliphatic heterocycles. The summed E-state index contributed by atoms with van der Waals surface area (Å²) in [5.41, 5.74) is 4.49. The molecule has 0 spiro atoms. The van der Waals surface area contributed by atoms with Crippen LogP contribution in [0.4, 0.5) is 13.2 Å². The molecule has 1 aromatic rings. The highest BCUT2D eigenvalue weighted by atomic mass is 19.4. The minimum Gasteiger partial charge on any atom is -0.350 e. The van der Waals surface area contributed by atoms with Crippen molar-refractivity contribution in [2.24, 2.45) is 5.73 Å². The molecule has 0 heterocycles. The van der Waals surface area contributed by atoms with Gasteiger partial charge in [-0.25, -0.2) is 0 Å². The Balaban J connectivity index is 2.81. The lowest BCUT2D eigenvalue weighted by atomic mass is 10.1. The Hall–Kier alpha value is -1.56. The number of carbonyl (C=O) groups is 1. The fourth-order valence-electron chi connectivity index (χ4n) is 1.47. The van der Waals surface area contributed by atoms with Gasteiger partial charge in [0.25, 0.3) is 5.91 Å². The summed E-state index contributed by atoms with van der Waals surface area (Å²) in [6.45, 7) is 2.16. The van der Waals surface area contributed by atoms with Crippen molar-refractivity contribution in [1.29, 1.82) is 0 Å². The Morgan fingerprint density at radius 2 is 2.11 bits per heavy atom. The maximum absolute atomic E-state index is 12.5. The van der Waals surface area contributed by atoms with Crippen LogP contribution in [0.2, 0.25) is 0 Å². The van der Waals surface area contributed by atoms with Gasteiger partial charge in [0.2, 0.25) is 0 Å². The van der Waals surface area contributed by atoms with Gasteiger partial charge < -0.3 is 11.1 Å². The summed E-state index contributed by atoms with van der Waals surface area (Å²) in [4.78, 5) is 11.7. The molecule has 0 aliphatic carbocycles. The fourth-order valence-corrected chi connectivity index (χ4v) is 1.47. The van der Waals surface area contributed by atoms with Crippen LogP contribution in [0, 0.1) is 0 Å². The molecule has 0 radical (unpaired) electrons. The van der Waals surface area contributed by atoms with Crippen molar-refractivity contribution in [1.82, 2.24) is 5.32 Å². The molecule has 0 fully saturated rings. The SMILES string of the molecule is CC(CCN)NC(=O)c1cccc(C(F)(F)F)c1. The average Bonchev–Trinajstić information content (AvgIpc) is 2.28. The minimum absolute atomic E-state index is 0.00584. The molecule has 0 aromatic heterocycles. The highest BCUT2D eigenvalue weighted by molar-refractivity contribution is 5.94. The predicted octanol–water partition coefficient (Wildman–Crippen LogP) is 2.17. The van der Waals surface area contributed by atoms with E-state index in [1.54, 1.807) is 6.92 Å². The number of halogens is 3. The normalized spacial score (nSPS) is 13.2. The molecule has 0 saturated heterocycles. The zero-order valence-electron chi connectivity index (χ0n) is 9.92. The van der Waals surface area contributed by atoms with Crippen LogP contribution >= 0.6 is 0 Å². The van der Waals surface area contributed by atoms with Crippen molar-refractivity contribution >= 4 is 5.91 Å². The maximum atomic E-state index is 12.5. The first-order chi connectivity index (χ1) is 8.34. The monoisotopic (exact) mass is 260 g/mol. The van der Waals surface area contributed by atoms with Gasteiger partial charge in [-0.1, -0.05) is 6.07 Å². The number of alkyl halides is 3. The minimum atomic E-state index is -4.45. The molecule has 0 bridgehead atoms. The molecule has 3 N–H and O–H groups in total. The topological polar surface area (TPSA) is 55.1 Å². The largest absolute Gasteiger partial charge is 0.416 e. The second kappa shape index (κ2) is 5.86. The van der Waals surface area contributed by atoms with E-state index in [0.717, 1.165) is 12.1 Å². The van der Waals surface area contributed by atoms with Crippen molar-refractivity contribution in [2.75, 3.05) is 6.54 Å². The number of carbonyl (C=O) groups excluding carboxylic acids is 1. The number of hydrogen-bond acceptors (Lipinski definition) is 2. The second-order valence-corrected chi connectivity index (χ2v) is 4.03. The lowest BCUT2D eigenvalue weighted by Gasteiger charge is -2.13. The van der Waals surface area contributed by atoms with Crippen LogP contribution in [0.5, 0.6) is 0 Å². The molecule has 100 valence electrons. The summed E-state index contributed by atoms with van der Waals surface area (Å²) in [6, 6.07) is 4.16. The molecule has 18 heavy (non-hydrogen) atoms. The van der Waals surface area contributed by atoms with Crippen LogP contribution in [0.1, 0.15) is 29.3 Å². The van der Waals surface area contributed by atoms with Crippen LogP contribution in [-0.4, -0.2) is 18.5 Å². The molecular formula is C12H15F3N2O. The van der Waals surface area contributed by atoms with E-state index >= 15 is 0 Å². The molecule has 1 unspecified atom stereocenters. The number of amides is 1. The van der Waals surface area contributed by atoms with E-state index in [4.69, 9.17) is 5.73 Å². The number of nitrogens with two attached hydrogens (primary N) is 1. The molecule has 6 heteroatoms. The number of nitrogens with one attached hydrogen (secondary N) is 1. The third-order valence-electron chi connectivity index (χ3n) is 2.43. The first kappa shape index (κ1) is 14.5. The highest BCUT2D eigenvalue weighted by Crippen LogP contribution is 2.29. The van der Waals surface area contributed by atoms with Gasteiger partial charge in [-0.05, 0) is 38.1 Å². The summed E-state index contributed by atoms with van der Waals surface area (Å²) in [5, 5.41) is 2.59. The molecule has 0 aliphatic rings. The smallest absolute Gasteiger partial charge is 0.350 e. The van der Waals surface area contributed by atoms with Crippen molar-refractivity contribution in [2.45, 2.75) is 25.6 Å². The lowest BCUT2D eigenvalue weighted by molar-refractivity contribution is -0.137. The van der Waals surface area contributed by atoms with Crippen molar-refractivity contribution in [3.8, 4) is 0 Å². The molecule has 0 saturated carbocycles. The summed E-state index contributed by atoms with van der Waals surface area (Å²) in [7, 11) is 0. The Kier molecular flexibility index (Phi) is 4.72. The van der Waals surface area contributed by atoms with Crippen LogP contribution in [0.15, 0.2) is 24.3 Å². The first-order valence-corrected chi connectivity index (χ1v) is 5.52. The standard InChI is InChI=1S/C12H15F3N2O/c1-8(5-6-16)17-11(18)9-3-2-4-10(7-9)12(13,14)15/h2-4,7-8H,5-6,16H2,1H3,(H,17,18). The van der Waals surface area contributed by atoms with Crippen molar-refractivity contribution in [3.63, 3.8) is 0 Å². The van der Waals surface area contributed by atoms with E-state index < -0.39 is 17.6 Å². The Morgan fingerprint density at radius 3 is 2.67 bits per heavy atom. The predicted molar refractivity (Wildman–Crippen MR) is 62.0 cm³/mol. The van der Waals surface area contributed by atoms with Gasteiger partial charge in [-0.15, -0.1) is 0 Å². The van der Waals surface area contributed by atoms with Crippen LogP contribution < -0.4 is 11.1 Å². The molecular weight excluding hydrogens is 245 g/mol. The molecule has 3 nitrogen and oxygen atoms in total. The summed E-state index contributed by atoms with van der Waals surface area (Å²) < 4.78 is 37.4. The fraction of sp³-hybridized carbons (Fsp3) is 0.417. The third kappa shape index (κ3) is 4.03. The van der Waals surface area contributed by atoms with Gasteiger partial charge in [-0.3, -0.25) is 4.79 Å². The number of benzene rings is 1. The van der Waals surface area contributed by atoms with Gasteiger partial charge in [0, 0.05) is 11.6 Å². The van der Waals surface area contributed by atoms with E-state index in [1.165, 1.54) is 12.1 Å². The summed E-state index contributed by atoms with van der Waals surface area (Å²) >= 11 is 0. The van der Waals surface area contributed by atoms with Gasteiger partial charge in [0.15, 0.2) is 0 Å². The molecule has 1 rings (SSSR count). The summed E-state index contributed by atoms with van der Waals surface area (Å²) in [5.74, 6) is -0.526. The van der Waals surface area contributed by atoms with Crippen LogP contribution in [-0.2, 0) is 6.18 Å². The van der Waals surface area contributed by atoms with E-state index in [0.29, 0.717) is 13.0 Å². The van der Waals surface area contributed by atoms with E-state index in [1.807, 2.05) is 0 Å². The molecule has 1 amide bonds. The van der Waals surface area contributed by atoms with Crippen molar-refractivity contribution in [3.05, 3.63) is 35.4 Å². The molecule has 1 aromatic carbocycles. The maximum Gasteiger partial charge on any atom is 0.416 e. The Bertz CT molecular complexity index is 418. The van der Waals surface area contributed by atoms with Gasteiger partial charge in [0.05, 0.1) is 5.56 Å². The highest BCUT2D eigenvalue weighted by Gasteiger charge is 2.30.